The van der Waals surface area contributed by atoms with Crippen molar-refractivity contribution in [2.24, 2.45) is 5.92 Å². The van der Waals surface area contributed by atoms with Crippen LogP contribution in [-0.2, 0) is 4.74 Å². The number of rotatable bonds is 6. The Labute approximate surface area is 182 Å². The maximum absolute atomic E-state index is 12.6. The molecule has 7 nitrogen and oxygen atoms in total. The summed E-state index contributed by atoms with van der Waals surface area (Å²) in [4.78, 5) is 27.2. The van der Waals surface area contributed by atoms with Gasteiger partial charge < -0.3 is 19.7 Å². The number of thiol groups is 1. The maximum atomic E-state index is 12.6. The highest BCUT2D eigenvalue weighted by Crippen LogP contribution is 2.31. The van der Waals surface area contributed by atoms with Gasteiger partial charge in [0.25, 0.3) is 5.91 Å². The highest BCUT2D eigenvalue weighted by Gasteiger charge is 2.22. The minimum atomic E-state index is -0.658. The second-order valence-electron chi connectivity index (χ2n) is 7.23. The summed E-state index contributed by atoms with van der Waals surface area (Å²) in [5.41, 5.74) is 1.79. The van der Waals surface area contributed by atoms with E-state index in [1.54, 1.807) is 36.4 Å². The molecule has 160 valence electrons. The van der Waals surface area contributed by atoms with Crippen LogP contribution in [0.2, 0.25) is 0 Å². The van der Waals surface area contributed by atoms with E-state index in [-0.39, 0.29) is 0 Å². The van der Waals surface area contributed by atoms with Crippen LogP contribution in [0.4, 0.5) is 16.2 Å². The first-order valence-electron chi connectivity index (χ1n) is 9.86. The van der Waals surface area contributed by atoms with E-state index >= 15 is 0 Å². The molecule has 0 aliphatic carbocycles. The van der Waals surface area contributed by atoms with E-state index < -0.39 is 11.9 Å². The van der Waals surface area contributed by atoms with E-state index in [4.69, 9.17) is 9.47 Å². The Morgan fingerprint density at radius 1 is 1.17 bits per heavy atom. The number of hydrogen-bond donors (Lipinski definition) is 2. The van der Waals surface area contributed by atoms with Gasteiger partial charge in [0.15, 0.2) is 0 Å². The smallest absolute Gasteiger partial charge is 0.339 e. The van der Waals surface area contributed by atoms with Gasteiger partial charge in [0.2, 0.25) is 0 Å². The molecule has 2 aromatic rings. The zero-order chi connectivity index (χ0) is 21.5. The molecule has 3 amide bonds. The standard InChI is InChI=1S/C22H27N3O4S/c1-24(15-16-10-12-29-13-11-16)18-8-9-20(28-2)19(14-18)23-22(27)25(30)21(26)17-6-4-3-5-7-17/h3-9,14,16,30H,10-13,15H2,1-2H3,(H,23,27). The molecule has 8 heteroatoms. The van der Waals surface area contributed by atoms with Crippen LogP contribution >= 0.6 is 12.8 Å². The number of urea groups is 1. The number of methoxy groups -OCH3 is 1. The molecule has 1 fully saturated rings. The Hall–Kier alpha value is -2.71. The molecule has 0 unspecified atom stereocenters. The average Bonchev–Trinajstić information content (AvgIpc) is 2.79. The summed E-state index contributed by atoms with van der Waals surface area (Å²) in [5.74, 6) is 0.559. The van der Waals surface area contributed by atoms with Gasteiger partial charge in [-0.05, 0) is 49.1 Å². The molecule has 30 heavy (non-hydrogen) atoms. The molecule has 1 heterocycles. The fourth-order valence-corrected chi connectivity index (χ4v) is 3.58. The molecule has 2 aromatic carbocycles. The molecule has 3 rings (SSSR count). The van der Waals surface area contributed by atoms with Crippen molar-refractivity contribution >= 4 is 36.1 Å². The van der Waals surface area contributed by atoms with Gasteiger partial charge in [-0.1, -0.05) is 31.0 Å². The molecule has 0 aromatic heterocycles. The number of benzene rings is 2. The molecule has 1 aliphatic rings. The normalized spacial score (nSPS) is 14.1. The van der Waals surface area contributed by atoms with Crippen molar-refractivity contribution in [2.45, 2.75) is 12.8 Å². The van der Waals surface area contributed by atoms with Crippen molar-refractivity contribution in [1.82, 2.24) is 4.31 Å². The molecular weight excluding hydrogens is 402 g/mol. The second kappa shape index (κ2) is 10.4. The third kappa shape index (κ3) is 5.46. The molecule has 1 N–H and O–H groups in total. The van der Waals surface area contributed by atoms with E-state index in [2.05, 4.69) is 23.0 Å². The number of carbonyl (C=O) groups is 2. The fraction of sp³-hybridized carbons (Fsp3) is 0.364. The van der Waals surface area contributed by atoms with Crippen LogP contribution in [0.5, 0.6) is 5.75 Å². The van der Waals surface area contributed by atoms with Gasteiger partial charge in [-0.25, -0.2) is 9.10 Å². The van der Waals surface area contributed by atoms with E-state index in [0.29, 0.717) is 22.9 Å². The topological polar surface area (TPSA) is 71.1 Å². The van der Waals surface area contributed by atoms with Crippen LogP contribution in [0.3, 0.4) is 0 Å². The lowest BCUT2D eigenvalue weighted by Gasteiger charge is -2.29. The number of imide groups is 1. The van der Waals surface area contributed by atoms with E-state index in [1.165, 1.54) is 7.11 Å². The van der Waals surface area contributed by atoms with Gasteiger partial charge in [-0.2, -0.15) is 0 Å². The summed E-state index contributed by atoms with van der Waals surface area (Å²) in [6.45, 7) is 2.50. The first-order valence-corrected chi connectivity index (χ1v) is 10.3. The van der Waals surface area contributed by atoms with Gasteiger partial charge in [-0.3, -0.25) is 4.79 Å². The molecule has 0 spiro atoms. The number of hydrogen-bond acceptors (Lipinski definition) is 6. The van der Waals surface area contributed by atoms with E-state index in [0.717, 1.165) is 42.6 Å². The van der Waals surface area contributed by atoms with Crippen LogP contribution in [0, 0.1) is 5.92 Å². The third-order valence-corrected chi connectivity index (χ3v) is 5.51. The van der Waals surface area contributed by atoms with Crippen LogP contribution < -0.4 is 15.0 Å². The van der Waals surface area contributed by atoms with E-state index in [9.17, 15) is 9.59 Å². The van der Waals surface area contributed by atoms with Crippen LogP contribution in [0.1, 0.15) is 23.2 Å². The zero-order valence-corrected chi connectivity index (χ0v) is 18.1. The minimum absolute atomic E-state index is 0.375. The first kappa shape index (κ1) is 22.0. The van der Waals surface area contributed by atoms with Crippen LogP contribution in [0.25, 0.3) is 0 Å². The van der Waals surface area contributed by atoms with Gasteiger partial charge in [0, 0.05) is 38.1 Å². The van der Waals surface area contributed by atoms with Crippen LogP contribution in [-0.4, -0.2) is 50.2 Å². The third-order valence-electron chi connectivity index (χ3n) is 5.14. The highest BCUT2D eigenvalue weighted by atomic mass is 32.1. The second-order valence-corrected chi connectivity index (χ2v) is 7.63. The maximum Gasteiger partial charge on any atom is 0.339 e. The molecule has 0 atom stereocenters. The Kier molecular flexibility index (Phi) is 7.59. The largest absolute Gasteiger partial charge is 0.495 e. The average molecular weight is 430 g/mol. The predicted molar refractivity (Wildman–Crippen MR) is 120 cm³/mol. The lowest BCUT2D eigenvalue weighted by Crippen LogP contribution is -2.33. The molecule has 1 aliphatic heterocycles. The van der Waals surface area contributed by atoms with Gasteiger partial charge in [0.1, 0.15) is 5.75 Å². The van der Waals surface area contributed by atoms with E-state index in [1.807, 2.05) is 19.2 Å². The lowest BCUT2D eigenvalue weighted by molar-refractivity contribution is 0.0685. The quantitative estimate of drug-likeness (QED) is 0.677. The summed E-state index contributed by atoms with van der Waals surface area (Å²) in [6.07, 6.45) is 2.08. The van der Waals surface area contributed by atoms with Crippen molar-refractivity contribution < 1.29 is 19.1 Å². The monoisotopic (exact) mass is 429 g/mol. The summed E-state index contributed by atoms with van der Waals surface area (Å²) in [5, 5.41) is 2.73. The number of nitrogens with one attached hydrogen (secondary N) is 1. The number of nitrogens with zero attached hydrogens (tertiary/aromatic N) is 2. The Morgan fingerprint density at radius 2 is 1.87 bits per heavy atom. The molecular formula is C22H27N3O4S. The summed E-state index contributed by atoms with van der Waals surface area (Å²) in [6, 6.07) is 13.4. The molecule has 0 bridgehead atoms. The van der Waals surface area contributed by atoms with Crippen molar-refractivity contribution in [2.75, 3.05) is 44.1 Å². The van der Waals surface area contributed by atoms with Crippen molar-refractivity contribution in [3.05, 3.63) is 54.1 Å². The fourth-order valence-electron chi connectivity index (χ4n) is 3.42. The van der Waals surface area contributed by atoms with Crippen LogP contribution in [0.15, 0.2) is 48.5 Å². The van der Waals surface area contributed by atoms with Crippen molar-refractivity contribution in [1.29, 1.82) is 0 Å². The van der Waals surface area contributed by atoms with Crippen molar-refractivity contribution in [3.8, 4) is 5.75 Å². The zero-order valence-electron chi connectivity index (χ0n) is 17.2. The number of ether oxygens (including phenoxy) is 2. The number of carbonyl (C=O) groups excluding carboxylic acids is 2. The Balaban J connectivity index is 1.71. The highest BCUT2D eigenvalue weighted by molar-refractivity contribution is 7.79. The SMILES string of the molecule is COc1ccc(N(C)CC2CCOCC2)cc1NC(=O)N(S)C(=O)c1ccccc1. The Morgan fingerprint density at radius 3 is 2.53 bits per heavy atom. The summed E-state index contributed by atoms with van der Waals surface area (Å²) < 4.78 is 11.6. The first-order chi connectivity index (χ1) is 14.5. The lowest BCUT2D eigenvalue weighted by atomic mass is 9.99. The van der Waals surface area contributed by atoms with Gasteiger partial charge in [-0.15, -0.1) is 0 Å². The summed E-state index contributed by atoms with van der Waals surface area (Å²) in [7, 11) is 3.55. The molecule has 0 saturated carbocycles. The van der Waals surface area contributed by atoms with Crippen molar-refractivity contribution in [3.63, 3.8) is 0 Å². The number of anilines is 2. The summed E-state index contributed by atoms with van der Waals surface area (Å²) >= 11 is 4.09. The predicted octanol–water partition coefficient (Wildman–Crippen LogP) is 4.08. The molecule has 0 radical (unpaired) electrons. The molecule has 1 saturated heterocycles. The number of amides is 3. The minimum Gasteiger partial charge on any atom is -0.495 e. The van der Waals surface area contributed by atoms with Gasteiger partial charge in [0.05, 0.1) is 12.8 Å². The Bertz CT molecular complexity index is 872. The van der Waals surface area contributed by atoms with Gasteiger partial charge >= 0.3 is 6.03 Å².